The van der Waals surface area contributed by atoms with E-state index >= 15 is 0 Å². The average molecular weight is 300 g/mol. The lowest BCUT2D eigenvalue weighted by atomic mass is 10.2. The van der Waals surface area contributed by atoms with Gasteiger partial charge in [-0.05, 0) is 32.1 Å². The van der Waals surface area contributed by atoms with Crippen molar-refractivity contribution in [2.45, 2.75) is 39.5 Å². The van der Waals surface area contributed by atoms with E-state index in [1.54, 1.807) is 0 Å². The Kier molecular flexibility index (Phi) is 1.97. The van der Waals surface area contributed by atoms with Gasteiger partial charge in [0.25, 0.3) is 5.56 Å². The van der Waals surface area contributed by atoms with Crippen molar-refractivity contribution in [2.75, 3.05) is 0 Å². The first-order chi connectivity index (χ1) is 13.5. The lowest BCUT2D eigenvalue weighted by Crippen LogP contribution is -2.39. The van der Waals surface area contributed by atoms with Crippen molar-refractivity contribution in [2.24, 2.45) is 14.0 Å². The third-order valence-corrected chi connectivity index (χ3v) is 3.28. The van der Waals surface area contributed by atoms with Crippen LogP contribution in [0.2, 0.25) is 0 Å². The highest BCUT2D eigenvalue weighted by molar-refractivity contribution is 5.79. The van der Waals surface area contributed by atoms with E-state index in [0.29, 0.717) is 9.13 Å². The molecule has 2 aromatic heterocycles. The molecule has 0 fully saturated rings. The highest BCUT2D eigenvalue weighted by Gasteiger charge is 2.15. The first-order valence-corrected chi connectivity index (χ1v) is 6.37. The molecule has 2 heterocycles. The van der Waals surface area contributed by atoms with Gasteiger partial charge in [-0.1, -0.05) is 0 Å². The predicted octanol–water partition coefficient (Wildman–Crippen LogP) is 1.11. The third kappa shape index (κ3) is 2.70. The normalized spacial score (nSPS) is 19.4. The molecule has 0 spiro atoms. The summed E-state index contributed by atoms with van der Waals surface area (Å²) in [6, 6.07) is 0. The summed E-state index contributed by atoms with van der Waals surface area (Å²) in [7, 11) is 1.34. The Morgan fingerprint density at radius 3 is 2.81 bits per heavy atom. The van der Waals surface area contributed by atoms with Crippen LogP contribution in [0.3, 0.4) is 0 Å². The summed E-state index contributed by atoms with van der Waals surface area (Å²) in [5, 5.41) is -0.396. The van der Waals surface area contributed by atoms with Crippen molar-refractivity contribution < 1.29 is 17.1 Å². The topological polar surface area (TPSA) is 66.0 Å². The molecule has 2 rings (SSSR count). The number of aryl methyl sites for hydroxylation is 3. The summed E-state index contributed by atoms with van der Waals surface area (Å²) in [5.41, 5.74) is -2.81. The van der Waals surface area contributed by atoms with Crippen LogP contribution < -0.4 is 11.2 Å². The molecule has 21 heavy (non-hydrogen) atoms. The molecule has 0 aliphatic rings. The molecule has 0 amide bonds. The highest BCUT2D eigenvalue weighted by atomic mass is 16.2. The van der Waals surface area contributed by atoms with Crippen LogP contribution in [0.1, 0.15) is 44.0 Å². The average Bonchev–Trinajstić information content (AvgIpc) is 2.89. The van der Waals surface area contributed by atoms with Gasteiger partial charge in [-0.3, -0.25) is 13.9 Å². The second-order valence-corrected chi connectivity index (χ2v) is 4.81. The van der Waals surface area contributed by atoms with Gasteiger partial charge in [0.1, 0.15) is 11.4 Å². The molecule has 0 unspecified atom stereocenters. The van der Waals surface area contributed by atoms with Gasteiger partial charge in [0, 0.05) is 45.5 Å². The lowest BCUT2D eigenvalue weighted by molar-refractivity contribution is -0.117. The summed E-state index contributed by atoms with van der Waals surface area (Å²) in [4.78, 5) is 37.2. The summed E-state index contributed by atoms with van der Waals surface area (Å²) >= 11 is 0. The van der Waals surface area contributed by atoms with Gasteiger partial charge in [-0.15, -0.1) is 0 Å². The highest BCUT2D eigenvalue weighted by Crippen LogP contribution is 2.13. The minimum absolute atomic E-state index is 0.0411. The van der Waals surface area contributed by atoms with Crippen LogP contribution in [0.25, 0.3) is 11.0 Å². The molecule has 0 aromatic carbocycles. The van der Waals surface area contributed by atoms with Crippen molar-refractivity contribution in [1.29, 1.82) is 0 Å². The number of carbonyl (C=O) groups excluding carboxylic acids is 1. The molecule has 0 radical (unpaired) electrons. The molecule has 0 saturated carbocycles. The minimum atomic E-state index is -2.99. The van der Waals surface area contributed by atoms with Crippen molar-refractivity contribution >= 4 is 16.8 Å². The van der Waals surface area contributed by atoms with Crippen molar-refractivity contribution in [1.82, 2.24) is 13.7 Å². The number of hydrogen-bond donors (Lipinski definition) is 0. The Morgan fingerprint density at radius 1 is 1.33 bits per heavy atom. The number of unbranched alkanes of at least 4 members (excludes halogenated alkanes) is 1. The van der Waals surface area contributed by atoms with Crippen LogP contribution in [-0.2, 0) is 25.4 Å². The van der Waals surface area contributed by atoms with E-state index in [4.69, 9.17) is 12.3 Å². The fourth-order valence-electron chi connectivity index (χ4n) is 2.28. The maximum atomic E-state index is 12.9. The maximum absolute atomic E-state index is 12.9. The Bertz CT molecular complexity index is 1080. The van der Waals surface area contributed by atoms with Crippen molar-refractivity contribution in [3.8, 4) is 0 Å². The van der Waals surface area contributed by atoms with Crippen LogP contribution in [-0.4, -0.2) is 19.5 Å². The largest absolute Gasteiger partial charge is 0.336 e. The molecule has 6 heteroatoms. The predicted molar refractivity (Wildman–Crippen MR) is 81.7 cm³/mol. The Hall–Kier alpha value is -2.11. The maximum Gasteiger partial charge on any atom is 0.332 e. The van der Waals surface area contributed by atoms with Gasteiger partial charge in [0.2, 0.25) is 0 Å². The molecule has 0 N–H and O–H groups in total. The monoisotopic (exact) mass is 300 g/mol. The zero-order valence-electron chi connectivity index (χ0n) is 20.5. The number of ketones is 1. The van der Waals surface area contributed by atoms with E-state index in [1.807, 2.05) is 0 Å². The van der Waals surface area contributed by atoms with E-state index in [9.17, 15) is 14.4 Å². The van der Waals surface area contributed by atoms with Gasteiger partial charge < -0.3 is 9.36 Å². The van der Waals surface area contributed by atoms with E-state index in [0.717, 1.165) is 10.8 Å². The summed E-state index contributed by atoms with van der Waals surface area (Å²) in [5.74, 6) is -0.960. The molecular weight excluding hydrogens is 270 g/mol. The SMILES string of the molecule is [2H]C([2H])([2H])C(=O)CCCCn1c(=O)c2c(C([2H])([2H])[2H])cn(C)c2n(C([2H])([2H])[2H])c1=O. The first-order valence-electron chi connectivity index (χ1n) is 10.9. The van der Waals surface area contributed by atoms with Gasteiger partial charge in [0.05, 0.1) is 5.39 Å². The summed E-state index contributed by atoms with van der Waals surface area (Å²) < 4.78 is 69.2. The number of fused-ring (bicyclic) bond motifs is 1. The molecule has 0 aliphatic heterocycles. The fraction of sp³-hybridized carbons (Fsp3) is 0.533. The van der Waals surface area contributed by atoms with Crippen LogP contribution >= 0.6 is 0 Å². The van der Waals surface area contributed by atoms with Gasteiger partial charge in [-0.25, -0.2) is 4.79 Å². The summed E-state index contributed by atoms with van der Waals surface area (Å²) in [6.07, 6.45) is 0.891. The lowest BCUT2D eigenvalue weighted by Gasteiger charge is -2.09. The molecule has 114 valence electrons. The van der Waals surface area contributed by atoms with Crippen molar-refractivity contribution in [3.05, 3.63) is 32.6 Å². The zero-order chi connectivity index (χ0) is 23.2. The number of rotatable bonds is 5. The van der Waals surface area contributed by atoms with Crippen LogP contribution in [0.5, 0.6) is 0 Å². The second-order valence-electron chi connectivity index (χ2n) is 4.81. The molecule has 6 nitrogen and oxygen atoms in total. The van der Waals surface area contributed by atoms with Gasteiger partial charge >= 0.3 is 5.69 Å². The second kappa shape index (κ2) is 5.71. The fourth-order valence-corrected chi connectivity index (χ4v) is 2.28. The standard InChI is InChI=1S/C15H21N3O3/c1-10-9-16(3)13-12(10)14(20)18(15(21)17(13)4)8-6-5-7-11(2)19/h9H,5-8H2,1-4H3/i1D3,2D3,4D3. The molecule has 0 aliphatic carbocycles. The third-order valence-electron chi connectivity index (χ3n) is 3.28. The van der Waals surface area contributed by atoms with E-state index < -0.39 is 43.1 Å². The zero-order valence-corrected chi connectivity index (χ0v) is 11.5. The Labute approximate surface area is 135 Å². The van der Waals surface area contributed by atoms with Crippen molar-refractivity contribution in [3.63, 3.8) is 0 Å². The van der Waals surface area contributed by atoms with E-state index in [2.05, 4.69) is 0 Å². The van der Waals surface area contributed by atoms with Gasteiger partial charge in [0.15, 0.2) is 0 Å². The Balaban J connectivity index is 2.59. The summed E-state index contributed by atoms with van der Waals surface area (Å²) in [6.45, 7) is -8.75. The number of hydrogen-bond acceptors (Lipinski definition) is 3. The Morgan fingerprint density at radius 2 is 2.14 bits per heavy atom. The number of Topliss-reactive ketones (excluding diaryl/α,β-unsaturated/α-hetero) is 1. The molecule has 0 saturated heterocycles. The number of carbonyl (C=O) groups is 1. The van der Waals surface area contributed by atoms with Crippen LogP contribution in [0.4, 0.5) is 0 Å². The molecule has 2 aromatic rings. The first kappa shape index (κ1) is 7.24. The smallest absolute Gasteiger partial charge is 0.332 e. The molecule has 0 atom stereocenters. The van der Waals surface area contributed by atoms with Crippen LogP contribution in [0.15, 0.2) is 15.8 Å². The van der Waals surface area contributed by atoms with Gasteiger partial charge in [-0.2, -0.15) is 0 Å². The number of nitrogens with zero attached hydrogens (tertiary/aromatic N) is 3. The number of aromatic nitrogens is 3. The molecule has 0 bridgehead atoms. The minimum Gasteiger partial charge on any atom is -0.336 e. The molecular formula is C15H21N3O3. The van der Waals surface area contributed by atoms with E-state index in [-0.39, 0.29) is 37.0 Å². The van der Waals surface area contributed by atoms with E-state index in [1.165, 1.54) is 7.05 Å². The van der Waals surface area contributed by atoms with Crippen LogP contribution in [0, 0.1) is 6.85 Å². The quantitative estimate of drug-likeness (QED) is 0.777.